The second-order valence-corrected chi connectivity index (χ2v) is 6.10. The molecule has 0 aliphatic rings. The van der Waals surface area contributed by atoms with E-state index >= 15 is 0 Å². The Morgan fingerprint density at radius 3 is 2.72 bits per heavy atom. The van der Waals surface area contributed by atoms with Gasteiger partial charge in [-0.2, -0.15) is 9.50 Å². The molecule has 0 fully saturated rings. The Kier molecular flexibility index (Phi) is 3.53. The van der Waals surface area contributed by atoms with Crippen molar-refractivity contribution < 1.29 is 8.78 Å². The molecule has 4 aromatic rings. The molecule has 0 spiro atoms. The Hall–Kier alpha value is -2.81. The van der Waals surface area contributed by atoms with Crippen molar-refractivity contribution in [3.05, 3.63) is 58.1 Å². The Balaban J connectivity index is 2.09. The zero-order valence-corrected chi connectivity index (χ0v) is 14.0. The Morgan fingerprint density at radius 1 is 1.16 bits per heavy atom. The van der Waals surface area contributed by atoms with E-state index in [4.69, 9.17) is 0 Å². The molecule has 1 aromatic carbocycles. The van der Waals surface area contributed by atoms with Gasteiger partial charge in [-0.05, 0) is 31.4 Å². The van der Waals surface area contributed by atoms with Crippen molar-refractivity contribution in [1.29, 1.82) is 0 Å². The van der Waals surface area contributed by atoms with Crippen LogP contribution in [0.4, 0.5) is 8.78 Å². The number of rotatable bonds is 2. The molecule has 4 rings (SSSR count). The number of aryl methyl sites for hydroxylation is 1. The standard InChI is InChI=1S/C16H11F2N5OS/c1-8-12-10(23-15(19-8)20-16(21-23)25-2)6-7-22(14(12)24)11-5-3-4-9(17)13(11)18/h3-7H,1-2H3. The van der Waals surface area contributed by atoms with Crippen LogP contribution in [0.5, 0.6) is 0 Å². The summed E-state index contributed by atoms with van der Waals surface area (Å²) in [5.41, 5.74) is 0.289. The van der Waals surface area contributed by atoms with E-state index in [1.54, 1.807) is 13.0 Å². The summed E-state index contributed by atoms with van der Waals surface area (Å²) >= 11 is 1.36. The molecule has 0 saturated heterocycles. The molecule has 0 atom stereocenters. The monoisotopic (exact) mass is 359 g/mol. The minimum absolute atomic E-state index is 0.158. The molecule has 0 amide bonds. The minimum Gasteiger partial charge on any atom is -0.281 e. The highest BCUT2D eigenvalue weighted by Gasteiger charge is 2.17. The van der Waals surface area contributed by atoms with Crippen LogP contribution in [0.15, 0.2) is 40.4 Å². The summed E-state index contributed by atoms with van der Waals surface area (Å²) in [4.78, 5) is 21.5. The topological polar surface area (TPSA) is 65.1 Å². The molecule has 0 bridgehead atoms. The van der Waals surface area contributed by atoms with Crippen LogP contribution in [0.25, 0.3) is 22.4 Å². The Labute approximate surface area is 144 Å². The van der Waals surface area contributed by atoms with Crippen molar-refractivity contribution in [2.24, 2.45) is 0 Å². The van der Waals surface area contributed by atoms with E-state index in [2.05, 4.69) is 15.1 Å². The van der Waals surface area contributed by atoms with Crippen molar-refractivity contribution in [3.63, 3.8) is 0 Å². The number of benzene rings is 1. The predicted octanol–water partition coefficient (Wildman–Crippen LogP) is 2.74. The quantitative estimate of drug-likeness (QED) is 0.515. The van der Waals surface area contributed by atoms with Gasteiger partial charge < -0.3 is 0 Å². The van der Waals surface area contributed by atoms with Gasteiger partial charge in [-0.25, -0.2) is 13.8 Å². The van der Waals surface area contributed by atoms with Gasteiger partial charge in [-0.1, -0.05) is 17.8 Å². The van der Waals surface area contributed by atoms with Gasteiger partial charge in [-0.15, -0.1) is 5.10 Å². The van der Waals surface area contributed by atoms with E-state index < -0.39 is 17.2 Å². The molecule has 0 radical (unpaired) electrons. The third kappa shape index (κ3) is 2.30. The number of fused-ring (bicyclic) bond motifs is 3. The lowest BCUT2D eigenvalue weighted by atomic mass is 10.2. The predicted molar refractivity (Wildman–Crippen MR) is 90.3 cm³/mol. The average molecular weight is 359 g/mol. The first kappa shape index (κ1) is 15.7. The molecule has 6 nitrogen and oxygen atoms in total. The van der Waals surface area contributed by atoms with Crippen LogP contribution in [0, 0.1) is 18.6 Å². The minimum atomic E-state index is -1.08. The van der Waals surface area contributed by atoms with Crippen molar-refractivity contribution in [2.75, 3.05) is 6.26 Å². The number of thioether (sulfide) groups is 1. The fourth-order valence-electron chi connectivity index (χ4n) is 2.72. The summed E-state index contributed by atoms with van der Waals surface area (Å²) in [5, 5.41) is 5.10. The summed E-state index contributed by atoms with van der Waals surface area (Å²) in [7, 11) is 0. The fourth-order valence-corrected chi connectivity index (χ4v) is 3.06. The largest absolute Gasteiger partial charge is 0.281 e. The summed E-state index contributed by atoms with van der Waals surface area (Å²) in [6.45, 7) is 1.67. The number of pyridine rings is 1. The Morgan fingerprint density at radius 2 is 1.96 bits per heavy atom. The smallest absolute Gasteiger partial charge is 0.266 e. The van der Waals surface area contributed by atoms with Gasteiger partial charge >= 0.3 is 0 Å². The van der Waals surface area contributed by atoms with Gasteiger partial charge in [0.05, 0.1) is 22.3 Å². The van der Waals surface area contributed by atoms with Gasteiger partial charge in [0.25, 0.3) is 11.3 Å². The van der Waals surface area contributed by atoms with Gasteiger partial charge in [-0.3, -0.25) is 9.36 Å². The number of hydrogen-bond donors (Lipinski definition) is 0. The lowest BCUT2D eigenvalue weighted by Gasteiger charge is -2.10. The molecule has 9 heteroatoms. The third-order valence-corrected chi connectivity index (χ3v) is 4.41. The summed E-state index contributed by atoms with van der Waals surface area (Å²) in [5.74, 6) is -1.72. The van der Waals surface area contributed by atoms with E-state index in [0.717, 1.165) is 10.6 Å². The number of aromatic nitrogens is 5. The molecular weight excluding hydrogens is 348 g/mol. The van der Waals surface area contributed by atoms with Crippen LogP contribution in [-0.2, 0) is 0 Å². The van der Waals surface area contributed by atoms with Crippen molar-refractivity contribution >= 4 is 28.4 Å². The first-order chi connectivity index (χ1) is 12.0. The zero-order valence-electron chi connectivity index (χ0n) is 13.2. The van der Waals surface area contributed by atoms with Crippen LogP contribution in [0.3, 0.4) is 0 Å². The van der Waals surface area contributed by atoms with Crippen molar-refractivity contribution in [3.8, 4) is 5.69 Å². The SMILES string of the molecule is CSc1nc2nc(C)c3c(=O)n(-c4cccc(F)c4F)ccc3n2n1. The van der Waals surface area contributed by atoms with E-state index in [-0.39, 0.29) is 11.1 Å². The molecule has 0 unspecified atom stereocenters. The van der Waals surface area contributed by atoms with Crippen LogP contribution in [-0.4, -0.2) is 30.4 Å². The summed E-state index contributed by atoms with van der Waals surface area (Å²) in [6, 6.07) is 5.30. The first-order valence-electron chi connectivity index (χ1n) is 7.28. The van der Waals surface area contributed by atoms with Crippen molar-refractivity contribution in [1.82, 2.24) is 24.1 Å². The molecule has 0 saturated carbocycles. The van der Waals surface area contributed by atoms with Crippen molar-refractivity contribution in [2.45, 2.75) is 12.1 Å². The van der Waals surface area contributed by atoms with Gasteiger partial charge in [0.15, 0.2) is 11.6 Å². The van der Waals surface area contributed by atoms with Gasteiger partial charge in [0.1, 0.15) is 0 Å². The normalized spacial score (nSPS) is 11.5. The average Bonchev–Trinajstić information content (AvgIpc) is 3.01. The van der Waals surface area contributed by atoms with Crippen LogP contribution in [0.2, 0.25) is 0 Å². The van der Waals surface area contributed by atoms with Crippen LogP contribution >= 0.6 is 11.8 Å². The van der Waals surface area contributed by atoms with E-state index in [0.29, 0.717) is 22.1 Å². The second-order valence-electron chi connectivity index (χ2n) is 5.33. The maximum Gasteiger partial charge on any atom is 0.266 e. The number of nitrogens with zero attached hydrogens (tertiary/aromatic N) is 5. The molecule has 0 aliphatic heterocycles. The summed E-state index contributed by atoms with van der Waals surface area (Å²) in [6.07, 6.45) is 3.23. The lowest BCUT2D eigenvalue weighted by Crippen LogP contribution is -2.21. The molecule has 3 heterocycles. The molecule has 0 N–H and O–H groups in total. The maximum absolute atomic E-state index is 14.1. The molecule has 3 aromatic heterocycles. The van der Waals surface area contributed by atoms with Gasteiger partial charge in [0, 0.05) is 6.20 Å². The molecule has 25 heavy (non-hydrogen) atoms. The lowest BCUT2D eigenvalue weighted by molar-refractivity contribution is 0.503. The summed E-state index contributed by atoms with van der Waals surface area (Å²) < 4.78 is 30.1. The highest BCUT2D eigenvalue weighted by molar-refractivity contribution is 7.98. The van der Waals surface area contributed by atoms with Crippen LogP contribution < -0.4 is 5.56 Å². The third-order valence-electron chi connectivity index (χ3n) is 3.87. The molecular formula is C16H11F2N5OS. The first-order valence-corrected chi connectivity index (χ1v) is 8.51. The molecule has 126 valence electrons. The maximum atomic E-state index is 14.1. The molecule has 0 aliphatic carbocycles. The van der Waals surface area contributed by atoms with Gasteiger partial charge in [0.2, 0.25) is 5.16 Å². The number of halogens is 2. The van der Waals surface area contributed by atoms with E-state index in [1.807, 2.05) is 6.26 Å². The van der Waals surface area contributed by atoms with E-state index in [9.17, 15) is 13.6 Å². The zero-order chi connectivity index (χ0) is 17.7. The Bertz CT molecular complexity index is 1200. The second kappa shape index (κ2) is 5.62. The highest BCUT2D eigenvalue weighted by atomic mass is 32.2. The highest BCUT2D eigenvalue weighted by Crippen LogP contribution is 2.20. The van der Waals surface area contributed by atoms with Crippen LogP contribution in [0.1, 0.15) is 5.69 Å². The number of hydrogen-bond acceptors (Lipinski definition) is 5. The fraction of sp³-hybridized carbons (Fsp3) is 0.125. The van der Waals surface area contributed by atoms with E-state index in [1.165, 1.54) is 34.6 Å².